The maximum absolute atomic E-state index is 14.8. The van der Waals surface area contributed by atoms with Gasteiger partial charge in [0, 0.05) is 0 Å². The van der Waals surface area contributed by atoms with Gasteiger partial charge in [-0.25, -0.2) is 13.8 Å². The molecule has 8 nitrogen and oxygen atoms in total. The number of pyridine rings is 1. The Balaban J connectivity index is 1.63. The highest BCUT2D eigenvalue weighted by Gasteiger charge is 2.21. The molecule has 0 unspecified atom stereocenters. The zero-order valence-corrected chi connectivity index (χ0v) is 15.6. The van der Waals surface area contributed by atoms with Crippen molar-refractivity contribution < 1.29 is 18.3 Å². The number of azo groups is 1. The first kappa shape index (κ1) is 19.1. The van der Waals surface area contributed by atoms with Crippen molar-refractivity contribution in [2.45, 2.75) is 0 Å². The van der Waals surface area contributed by atoms with Gasteiger partial charge >= 0.3 is 0 Å². The summed E-state index contributed by atoms with van der Waals surface area (Å²) in [6, 6.07) is 12.2. The van der Waals surface area contributed by atoms with Crippen molar-refractivity contribution in [1.29, 1.82) is 0 Å². The van der Waals surface area contributed by atoms with Crippen LogP contribution >= 0.6 is 0 Å². The Labute approximate surface area is 168 Å². The second kappa shape index (κ2) is 8.03. The SMILES string of the molecule is COc1n[nH]c2ncc(NC(=O)c3c(F)ccc(N=Nc4ccccc4)c3F)cc12. The summed E-state index contributed by atoms with van der Waals surface area (Å²) in [6.45, 7) is 0. The number of nitrogens with zero attached hydrogens (tertiary/aromatic N) is 4. The molecular weight excluding hydrogens is 394 g/mol. The third-order valence-corrected chi connectivity index (χ3v) is 4.16. The minimum Gasteiger partial charge on any atom is -0.479 e. The third-order valence-electron chi connectivity index (χ3n) is 4.16. The summed E-state index contributed by atoms with van der Waals surface area (Å²) >= 11 is 0. The third kappa shape index (κ3) is 3.70. The number of hydrogen-bond donors (Lipinski definition) is 2. The molecule has 2 aromatic carbocycles. The number of halogens is 2. The van der Waals surface area contributed by atoms with Gasteiger partial charge in [0.2, 0.25) is 5.88 Å². The maximum atomic E-state index is 14.8. The summed E-state index contributed by atoms with van der Waals surface area (Å²) in [6.07, 6.45) is 1.33. The van der Waals surface area contributed by atoms with E-state index in [9.17, 15) is 13.6 Å². The molecule has 0 atom stereocenters. The Morgan fingerprint density at radius 1 is 1.13 bits per heavy atom. The van der Waals surface area contributed by atoms with Gasteiger partial charge in [0.1, 0.15) is 17.1 Å². The van der Waals surface area contributed by atoms with E-state index < -0.39 is 23.1 Å². The number of benzene rings is 2. The lowest BCUT2D eigenvalue weighted by molar-refractivity contribution is 0.101. The van der Waals surface area contributed by atoms with E-state index in [1.54, 1.807) is 30.3 Å². The summed E-state index contributed by atoms with van der Waals surface area (Å²) in [7, 11) is 1.43. The molecule has 0 aliphatic rings. The van der Waals surface area contributed by atoms with E-state index in [1.165, 1.54) is 19.4 Å². The molecule has 0 aliphatic carbocycles. The van der Waals surface area contributed by atoms with Gasteiger partial charge in [-0.05, 0) is 30.3 Å². The highest BCUT2D eigenvalue weighted by atomic mass is 19.1. The van der Waals surface area contributed by atoms with Gasteiger partial charge in [-0.2, -0.15) is 5.11 Å². The van der Waals surface area contributed by atoms with Gasteiger partial charge < -0.3 is 10.1 Å². The van der Waals surface area contributed by atoms with Crippen LogP contribution in [-0.2, 0) is 0 Å². The Morgan fingerprint density at radius 2 is 1.93 bits per heavy atom. The lowest BCUT2D eigenvalue weighted by atomic mass is 10.1. The van der Waals surface area contributed by atoms with E-state index in [-0.39, 0.29) is 17.3 Å². The van der Waals surface area contributed by atoms with Crippen LogP contribution in [0.4, 0.5) is 25.8 Å². The van der Waals surface area contributed by atoms with Crippen LogP contribution in [0.3, 0.4) is 0 Å². The van der Waals surface area contributed by atoms with Crippen LogP contribution in [0.15, 0.2) is 65.0 Å². The second-order valence-electron chi connectivity index (χ2n) is 6.10. The average molecular weight is 408 g/mol. The first-order valence-electron chi connectivity index (χ1n) is 8.71. The molecule has 0 spiro atoms. The monoisotopic (exact) mass is 408 g/mol. The number of aromatic amines is 1. The summed E-state index contributed by atoms with van der Waals surface area (Å²) < 4.78 is 34.1. The van der Waals surface area contributed by atoms with Crippen LogP contribution in [0, 0.1) is 11.6 Å². The highest BCUT2D eigenvalue weighted by molar-refractivity contribution is 6.05. The summed E-state index contributed by atoms with van der Waals surface area (Å²) in [5, 5.41) is 17.2. The zero-order valence-electron chi connectivity index (χ0n) is 15.6. The Hall–Kier alpha value is -4.21. The van der Waals surface area contributed by atoms with E-state index >= 15 is 0 Å². The second-order valence-corrected chi connectivity index (χ2v) is 6.10. The molecule has 2 aromatic heterocycles. The van der Waals surface area contributed by atoms with Gasteiger partial charge in [-0.3, -0.25) is 9.89 Å². The molecule has 2 N–H and O–H groups in total. The Morgan fingerprint density at radius 3 is 2.70 bits per heavy atom. The number of amides is 1. The molecule has 30 heavy (non-hydrogen) atoms. The summed E-state index contributed by atoms with van der Waals surface area (Å²) in [5.41, 5.74) is 0.0859. The van der Waals surface area contributed by atoms with Gasteiger partial charge in [0.05, 0.1) is 30.1 Å². The number of ether oxygens (including phenoxy) is 1. The molecule has 10 heteroatoms. The lowest BCUT2D eigenvalue weighted by Crippen LogP contribution is -2.16. The van der Waals surface area contributed by atoms with E-state index in [4.69, 9.17) is 4.74 Å². The predicted octanol–water partition coefficient (Wildman–Crippen LogP) is 4.91. The summed E-state index contributed by atoms with van der Waals surface area (Å²) in [4.78, 5) is 16.7. The van der Waals surface area contributed by atoms with Crippen molar-refractivity contribution in [1.82, 2.24) is 15.2 Å². The fraction of sp³-hybridized carbons (Fsp3) is 0.0500. The van der Waals surface area contributed by atoms with Crippen LogP contribution in [0.25, 0.3) is 11.0 Å². The van der Waals surface area contributed by atoms with Gasteiger partial charge in [-0.15, -0.1) is 10.2 Å². The van der Waals surface area contributed by atoms with Crippen molar-refractivity contribution in [3.8, 4) is 5.88 Å². The fourth-order valence-corrected chi connectivity index (χ4v) is 2.73. The van der Waals surface area contributed by atoms with Gasteiger partial charge in [0.15, 0.2) is 11.5 Å². The predicted molar refractivity (Wildman–Crippen MR) is 105 cm³/mol. The Kier molecular flexibility index (Phi) is 5.12. The first-order valence-corrected chi connectivity index (χ1v) is 8.71. The number of anilines is 1. The molecule has 0 fully saturated rings. The standard InChI is InChI=1S/C20H14F2N6O2/c1-30-20-13-9-12(10-23-18(13)27-28-20)24-19(29)16-14(21)7-8-15(17(16)22)26-25-11-5-3-2-4-6-11/h2-10H,1H3,(H,24,29)(H,23,27,28). The smallest absolute Gasteiger partial charge is 0.261 e. The minimum absolute atomic E-state index is 0.210. The molecule has 0 saturated heterocycles. The van der Waals surface area contributed by atoms with Crippen molar-refractivity contribution in [3.05, 3.63) is 71.9 Å². The number of carbonyl (C=O) groups excluding carboxylic acids is 1. The molecule has 4 aromatic rings. The highest BCUT2D eigenvalue weighted by Crippen LogP contribution is 2.28. The molecule has 0 aliphatic heterocycles. The number of H-pyrrole nitrogens is 1. The van der Waals surface area contributed by atoms with Crippen molar-refractivity contribution >= 4 is 34.0 Å². The first-order chi connectivity index (χ1) is 14.6. The molecule has 150 valence electrons. The minimum atomic E-state index is -1.12. The number of nitrogens with one attached hydrogen (secondary N) is 2. The normalized spacial score (nSPS) is 11.2. The summed E-state index contributed by atoms with van der Waals surface area (Å²) in [5.74, 6) is -2.87. The number of fused-ring (bicyclic) bond motifs is 1. The van der Waals surface area contributed by atoms with Crippen LogP contribution in [0.2, 0.25) is 0 Å². The van der Waals surface area contributed by atoms with Crippen LogP contribution < -0.4 is 10.1 Å². The molecule has 4 rings (SSSR count). The van der Waals surface area contributed by atoms with E-state index in [1.807, 2.05) is 0 Å². The van der Waals surface area contributed by atoms with Crippen molar-refractivity contribution in [2.24, 2.45) is 10.2 Å². The fourth-order valence-electron chi connectivity index (χ4n) is 2.73. The lowest BCUT2D eigenvalue weighted by Gasteiger charge is -2.08. The molecular formula is C20H14F2N6O2. The zero-order chi connectivity index (χ0) is 21.1. The molecule has 1 amide bonds. The van der Waals surface area contributed by atoms with E-state index in [0.717, 1.165) is 12.1 Å². The van der Waals surface area contributed by atoms with Crippen LogP contribution in [0.1, 0.15) is 10.4 Å². The molecule has 0 saturated carbocycles. The van der Waals surface area contributed by atoms with E-state index in [2.05, 4.69) is 30.7 Å². The number of carbonyl (C=O) groups is 1. The largest absolute Gasteiger partial charge is 0.479 e. The molecule has 2 heterocycles. The average Bonchev–Trinajstić information content (AvgIpc) is 3.16. The molecule has 0 bridgehead atoms. The van der Waals surface area contributed by atoms with Gasteiger partial charge in [0.25, 0.3) is 5.91 Å². The Bertz CT molecular complexity index is 1260. The van der Waals surface area contributed by atoms with Gasteiger partial charge in [-0.1, -0.05) is 18.2 Å². The van der Waals surface area contributed by atoms with E-state index in [0.29, 0.717) is 16.7 Å². The van der Waals surface area contributed by atoms with Crippen LogP contribution in [0.5, 0.6) is 5.88 Å². The number of aromatic nitrogens is 3. The van der Waals surface area contributed by atoms with Crippen molar-refractivity contribution in [2.75, 3.05) is 12.4 Å². The van der Waals surface area contributed by atoms with Crippen LogP contribution in [-0.4, -0.2) is 28.2 Å². The number of hydrogen-bond acceptors (Lipinski definition) is 6. The van der Waals surface area contributed by atoms with Crippen molar-refractivity contribution in [3.63, 3.8) is 0 Å². The topological polar surface area (TPSA) is 105 Å². The maximum Gasteiger partial charge on any atom is 0.261 e. The number of rotatable bonds is 5. The molecule has 0 radical (unpaired) electrons. The quantitative estimate of drug-likeness (QED) is 0.458. The number of methoxy groups -OCH3 is 1.